The Hall–Kier alpha value is -2.25. The molecule has 7 heteroatoms. The van der Waals surface area contributed by atoms with E-state index in [9.17, 15) is 9.90 Å². The van der Waals surface area contributed by atoms with Crippen molar-refractivity contribution in [1.29, 1.82) is 0 Å². The van der Waals surface area contributed by atoms with Crippen molar-refractivity contribution in [3.8, 4) is 5.69 Å². The van der Waals surface area contributed by atoms with E-state index in [1.165, 1.54) is 7.11 Å². The molecule has 22 heavy (non-hydrogen) atoms. The van der Waals surface area contributed by atoms with Gasteiger partial charge in [0, 0.05) is 6.61 Å². The lowest BCUT2D eigenvalue weighted by Gasteiger charge is -2.13. The number of hydrogen-bond donors (Lipinski definition) is 1. The van der Waals surface area contributed by atoms with Crippen molar-refractivity contribution in [2.24, 2.45) is 0 Å². The maximum atomic E-state index is 11.7. The van der Waals surface area contributed by atoms with Crippen LogP contribution in [0, 0.1) is 0 Å². The van der Waals surface area contributed by atoms with E-state index in [-0.39, 0.29) is 12.7 Å². The Bertz CT molecular complexity index is 677. The average Bonchev–Trinajstić information content (AvgIpc) is 3.22. The third kappa shape index (κ3) is 2.60. The number of carbonyl (C=O) groups is 1. The zero-order valence-corrected chi connectivity index (χ0v) is 12.2. The summed E-state index contributed by atoms with van der Waals surface area (Å²) in [5, 5.41) is 17.6. The predicted octanol–water partition coefficient (Wildman–Crippen LogP) is 1.40. The van der Waals surface area contributed by atoms with E-state index < -0.39 is 5.97 Å². The van der Waals surface area contributed by atoms with E-state index in [0.717, 1.165) is 18.5 Å². The summed E-state index contributed by atoms with van der Waals surface area (Å²) in [6.07, 6.45) is 1.68. The van der Waals surface area contributed by atoms with Crippen LogP contribution in [0.1, 0.15) is 40.7 Å². The number of carbonyl (C=O) groups excluding carboxylic acids is 1. The van der Waals surface area contributed by atoms with Crippen LogP contribution in [-0.2, 0) is 16.1 Å². The second kappa shape index (κ2) is 6.25. The molecule has 2 aromatic rings. The number of methoxy groups -OCH3 is 1. The van der Waals surface area contributed by atoms with Gasteiger partial charge in [0.05, 0.1) is 30.7 Å². The van der Waals surface area contributed by atoms with Gasteiger partial charge in [-0.3, -0.25) is 0 Å². The van der Waals surface area contributed by atoms with E-state index in [4.69, 9.17) is 9.47 Å². The lowest BCUT2D eigenvalue weighted by molar-refractivity contribution is 0.0600. The molecule has 0 radical (unpaired) electrons. The smallest absolute Gasteiger partial charge is 0.337 e. The summed E-state index contributed by atoms with van der Waals surface area (Å²) >= 11 is 0. The Labute approximate surface area is 127 Å². The van der Waals surface area contributed by atoms with E-state index in [1.54, 1.807) is 22.9 Å². The fourth-order valence-electron chi connectivity index (χ4n) is 2.62. The molecule has 1 aliphatic rings. The maximum absolute atomic E-state index is 11.7. The van der Waals surface area contributed by atoms with Crippen LogP contribution in [-0.4, -0.2) is 39.8 Å². The minimum atomic E-state index is -0.414. The summed E-state index contributed by atoms with van der Waals surface area (Å²) in [6, 6.07) is 6.92. The standard InChI is InChI=1S/C15H17N3O4/c1-21-15(20)10-4-2-5-11(8-10)18-14(12(9-19)16-17-18)13-6-3-7-22-13/h2,4-5,8,13,19H,3,6-7,9H2,1H3. The number of esters is 1. The molecule has 1 atom stereocenters. The second-order valence-corrected chi connectivity index (χ2v) is 5.03. The van der Waals surface area contributed by atoms with Crippen molar-refractivity contribution in [3.05, 3.63) is 41.2 Å². The molecule has 1 aromatic carbocycles. The highest BCUT2D eigenvalue weighted by atomic mass is 16.5. The third-order valence-electron chi connectivity index (χ3n) is 3.67. The first-order valence-corrected chi connectivity index (χ1v) is 7.10. The Kier molecular flexibility index (Phi) is 4.17. The summed E-state index contributed by atoms with van der Waals surface area (Å²) in [5.41, 5.74) is 2.34. The lowest BCUT2D eigenvalue weighted by atomic mass is 10.1. The summed E-state index contributed by atoms with van der Waals surface area (Å²) in [5.74, 6) is -0.414. The highest BCUT2D eigenvalue weighted by Gasteiger charge is 2.27. The van der Waals surface area contributed by atoms with Gasteiger partial charge in [0.1, 0.15) is 11.8 Å². The van der Waals surface area contributed by atoms with Crippen LogP contribution in [0.15, 0.2) is 24.3 Å². The van der Waals surface area contributed by atoms with Crippen molar-refractivity contribution in [3.63, 3.8) is 0 Å². The van der Waals surface area contributed by atoms with Gasteiger partial charge in [-0.05, 0) is 31.0 Å². The third-order valence-corrected chi connectivity index (χ3v) is 3.67. The molecule has 0 aliphatic carbocycles. The van der Waals surface area contributed by atoms with E-state index in [0.29, 0.717) is 23.6 Å². The van der Waals surface area contributed by atoms with Crippen LogP contribution < -0.4 is 0 Å². The monoisotopic (exact) mass is 303 g/mol. The zero-order valence-electron chi connectivity index (χ0n) is 12.2. The highest BCUT2D eigenvalue weighted by molar-refractivity contribution is 5.89. The maximum Gasteiger partial charge on any atom is 0.337 e. The van der Waals surface area contributed by atoms with Gasteiger partial charge in [0.15, 0.2) is 0 Å². The van der Waals surface area contributed by atoms with Crippen LogP contribution in [0.2, 0.25) is 0 Å². The molecule has 0 saturated carbocycles. The number of aliphatic hydroxyl groups is 1. The molecule has 3 rings (SSSR count). The molecule has 7 nitrogen and oxygen atoms in total. The fraction of sp³-hybridized carbons (Fsp3) is 0.400. The number of benzene rings is 1. The molecule has 1 saturated heterocycles. The van der Waals surface area contributed by atoms with Gasteiger partial charge in [0.25, 0.3) is 0 Å². The minimum absolute atomic E-state index is 0.140. The molecule has 2 heterocycles. The SMILES string of the molecule is COC(=O)c1cccc(-n2nnc(CO)c2C2CCCO2)c1. The fourth-order valence-corrected chi connectivity index (χ4v) is 2.62. The Balaban J connectivity index is 2.04. The highest BCUT2D eigenvalue weighted by Crippen LogP contribution is 2.31. The number of rotatable bonds is 4. The number of aromatic nitrogens is 3. The molecular formula is C15H17N3O4. The largest absolute Gasteiger partial charge is 0.465 e. The first-order chi connectivity index (χ1) is 10.7. The number of ether oxygens (including phenoxy) is 2. The van der Waals surface area contributed by atoms with Crippen molar-refractivity contribution in [2.45, 2.75) is 25.6 Å². The van der Waals surface area contributed by atoms with Gasteiger partial charge in [-0.2, -0.15) is 0 Å². The van der Waals surface area contributed by atoms with Gasteiger partial charge in [-0.15, -0.1) is 5.10 Å². The average molecular weight is 303 g/mol. The Morgan fingerprint density at radius 2 is 2.41 bits per heavy atom. The molecule has 0 amide bonds. The van der Waals surface area contributed by atoms with E-state index in [2.05, 4.69) is 10.3 Å². The van der Waals surface area contributed by atoms with Crippen LogP contribution in [0.3, 0.4) is 0 Å². The first-order valence-electron chi connectivity index (χ1n) is 7.10. The van der Waals surface area contributed by atoms with Crippen molar-refractivity contribution in [2.75, 3.05) is 13.7 Å². The predicted molar refractivity (Wildman–Crippen MR) is 76.5 cm³/mol. The summed E-state index contributed by atoms with van der Waals surface area (Å²) in [6.45, 7) is 0.481. The first kappa shape index (κ1) is 14.7. The summed E-state index contributed by atoms with van der Waals surface area (Å²) in [7, 11) is 1.34. The van der Waals surface area contributed by atoms with Crippen LogP contribution in [0.4, 0.5) is 0 Å². The Morgan fingerprint density at radius 1 is 1.55 bits per heavy atom. The van der Waals surface area contributed by atoms with Gasteiger partial charge in [-0.25, -0.2) is 9.48 Å². The van der Waals surface area contributed by atoms with Gasteiger partial charge < -0.3 is 14.6 Å². The molecule has 1 aromatic heterocycles. The summed E-state index contributed by atoms with van der Waals surface area (Å²) in [4.78, 5) is 11.7. The molecule has 1 N–H and O–H groups in total. The molecule has 1 unspecified atom stereocenters. The molecule has 116 valence electrons. The topological polar surface area (TPSA) is 86.5 Å². The van der Waals surface area contributed by atoms with Gasteiger partial charge in [-0.1, -0.05) is 11.3 Å². The van der Waals surface area contributed by atoms with Crippen molar-refractivity contribution in [1.82, 2.24) is 15.0 Å². The van der Waals surface area contributed by atoms with Crippen molar-refractivity contribution >= 4 is 5.97 Å². The molecule has 0 spiro atoms. The quantitative estimate of drug-likeness (QED) is 0.859. The second-order valence-electron chi connectivity index (χ2n) is 5.03. The summed E-state index contributed by atoms with van der Waals surface area (Å²) < 4.78 is 12.1. The zero-order chi connectivity index (χ0) is 15.5. The van der Waals surface area contributed by atoms with E-state index >= 15 is 0 Å². The van der Waals surface area contributed by atoms with Gasteiger partial charge in [0.2, 0.25) is 0 Å². The normalized spacial score (nSPS) is 17.6. The van der Waals surface area contributed by atoms with Gasteiger partial charge >= 0.3 is 5.97 Å². The van der Waals surface area contributed by atoms with Crippen LogP contribution >= 0.6 is 0 Å². The molecule has 1 fully saturated rings. The van der Waals surface area contributed by atoms with Crippen LogP contribution in [0.25, 0.3) is 5.69 Å². The molecule has 0 bridgehead atoms. The number of aliphatic hydroxyl groups excluding tert-OH is 1. The van der Waals surface area contributed by atoms with Crippen molar-refractivity contribution < 1.29 is 19.4 Å². The Morgan fingerprint density at radius 3 is 3.09 bits per heavy atom. The number of hydrogen-bond acceptors (Lipinski definition) is 6. The molecular weight excluding hydrogens is 286 g/mol. The molecule has 1 aliphatic heterocycles. The lowest BCUT2D eigenvalue weighted by Crippen LogP contribution is -2.10. The minimum Gasteiger partial charge on any atom is -0.465 e. The van der Waals surface area contributed by atoms with E-state index in [1.807, 2.05) is 6.07 Å². The number of nitrogens with zero attached hydrogens (tertiary/aromatic N) is 3. The van der Waals surface area contributed by atoms with Crippen LogP contribution in [0.5, 0.6) is 0 Å².